The first kappa shape index (κ1) is 16.8. The first-order valence-corrected chi connectivity index (χ1v) is 8.52. The number of carboxylic acid groups (broad SMARTS) is 1. The predicted octanol–water partition coefficient (Wildman–Crippen LogP) is 3.16. The van der Waals surface area contributed by atoms with Crippen LogP contribution in [0.15, 0.2) is 54.6 Å². The number of anilines is 1. The number of carbonyl (C=O) groups is 1. The van der Waals surface area contributed by atoms with E-state index in [0.717, 1.165) is 31.7 Å². The lowest BCUT2D eigenvalue weighted by molar-refractivity contribution is -0.143. The average molecular weight is 345 g/mol. The van der Waals surface area contributed by atoms with Gasteiger partial charge in [0.15, 0.2) is 0 Å². The fourth-order valence-electron chi connectivity index (χ4n) is 3.19. The summed E-state index contributed by atoms with van der Waals surface area (Å²) in [5.74, 6) is -0.775. The standard InChI is InChI=1S/C19H21ClN2O2/c20-16-6-4-5-15(13-16)14-18(19(23)24)22-11-9-21(10-12-22)17-7-2-1-3-8-17/h1-8,13,18H,9-12,14H2,(H,23,24). The molecule has 1 aliphatic heterocycles. The van der Waals surface area contributed by atoms with E-state index >= 15 is 0 Å². The third-order valence-corrected chi connectivity index (χ3v) is 4.71. The van der Waals surface area contributed by atoms with E-state index < -0.39 is 12.0 Å². The lowest BCUT2D eigenvalue weighted by Crippen LogP contribution is -2.53. The SMILES string of the molecule is O=C(O)C(Cc1cccc(Cl)c1)N1CCN(c2ccccc2)CC1. The van der Waals surface area contributed by atoms with Crippen LogP contribution in [0.25, 0.3) is 0 Å². The molecular weight excluding hydrogens is 324 g/mol. The molecule has 0 spiro atoms. The maximum atomic E-state index is 11.8. The summed E-state index contributed by atoms with van der Waals surface area (Å²) < 4.78 is 0. The molecular formula is C19H21ClN2O2. The molecule has 0 amide bonds. The van der Waals surface area contributed by atoms with Crippen molar-refractivity contribution in [3.8, 4) is 0 Å². The molecule has 0 bridgehead atoms. The smallest absolute Gasteiger partial charge is 0.321 e. The van der Waals surface area contributed by atoms with Crippen molar-refractivity contribution in [3.05, 3.63) is 65.2 Å². The fourth-order valence-corrected chi connectivity index (χ4v) is 3.40. The Labute approximate surface area is 147 Å². The molecule has 1 atom stereocenters. The number of aliphatic carboxylic acids is 1. The second-order valence-electron chi connectivity index (χ2n) is 6.05. The Morgan fingerprint density at radius 3 is 2.38 bits per heavy atom. The summed E-state index contributed by atoms with van der Waals surface area (Å²) in [6, 6.07) is 17.2. The van der Waals surface area contributed by atoms with Crippen molar-refractivity contribution in [1.29, 1.82) is 0 Å². The van der Waals surface area contributed by atoms with Crippen LogP contribution >= 0.6 is 11.6 Å². The summed E-state index contributed by atoms with van der Waals surface area (Å²) in [7, 11) is 0. The number of para-hydroxylation sites is 1. The maximum Gasteiger partial charge on any atom is 0.321 e. The minimum absolute atomic E-state index is 0.473. The van der Waals surface area contributed by atoms with Gasteiger partial charge >= 0.3 is 5.97 Å². The van der Waals surface area contributed by atoms with E-state index in [9.17, 15) is 9.90 Å². The molecule has 1 N–H and O–H groups in total. The highest BCUT2D eigenvalue weighted by atomic mass is 35.5. The van der Waals surface area contributed by atoms with Gasteiger partial charge in [0, 0.05) is 36.9 Å². The van der Waals surface area contributed by atoms with Gasteiger partial charge in [0.25, 0.3) is 0 Å². The van der Waals surface area contributed by atoms with E-state index in [1.807, 2.05) is 36.4 Å². The molecule has 126 valence electrons. The predicted molar refractivity (Wildman–Crippen MR) is 96.8 cm³/mol. The van der Waals surface area contributed by atoms with Crippen molar-refractivity contribution in [2.45, 2.75) is 12.5 Å². The van der Waals surface area contributed by atoms with Gasteiger partial charge < -0.3 is 10.0 Å². The Balaban J connectivity index is 1.65. The van der Waals surface area contributed by atoms with Crippen molar-refractivity contribution in [1.82, 2.24) is 4.90 Å². The van der Waals surface area contributed by atoms with E-state index in [4.69, 9.17) is 11.6 Å². The van der Waals surface area contributed by atoms with Crippen LogP contribution in [-0.2, 0) is 11.2 Å². The summed E-state index contributed by atoms with van der Waals surface area (Å²) in [6.45, 7) is 3.16. The Hall–Kier alpha value is -2.04. The second-order valence-corrected chi connectivity index (χ2v) is 6.48. The quantitative estimate of drug-likeness (QED) is 0.905. The van der Waals surface area contributed by atoms with Gasteiger partial charge in [-0.15, -0.1) is 0 Å². The molecule has 0 aliphatic carbocycles. The monoisotopic (exact) mass is 344 g/mol. The Kier molecular flexibility index (Phi) is 5.38. The minimum atomic E-state index is -0.775. The van der Waals surface area contributed by atoms with Crippen LogP contribution in [0.1, 0.15) is 5.56 Å². The van der Waals surface area contributed by atoms with Crippen LogP contribution in [0, 0.1) is 0 Å². The summed E-state index contributed by atoms with van der Waals surface area (Å²) in [4.78, 5) is 16.1. The fraction of sp³-hybridized carbons (Fsp3) is 0.316. The normalized spacial score (nSPS) is 16.8. The van der Waals surface area contributed by atoms with Crippen LogP contribution in [0.5, 0.6) is 0 Å². The molecule has 1 aliphatic rings. The third-order valence-electron chi connectivity index (χ3n) is 4.48. The molecule has 1 saturated heterocycles. The largest absolute Gasteiger partial charge is 0.480 e. The number of piperazine rings is 1. The van der Waals surface area contributed by atoms with E-state index in [2.05, 4.69) is 21.9 Å². The molecule has 0 radical (unpaired) electrons. The summed E-state index contributed by atoms with van der Waals surface area (Å²) >= 11 is 6.01. The van der Waals surface area contributed by atoms with Crippen LogP contribution in [0.3, 0.4) is 0 Å². The van der Waals surface area contributed by atoms with Gasteiger partial charge in [-0.1, -0.05) is 41.9 Å². The molecule has 4 nitrogen and oxygen atoms in total. The Bertz CT molecular complexity index is 685. The van der Waals surface area contributed by atoms with E-state index in [1.165, 1.54) is 5.69 Å². The van der Waals surface area contributed by atoms with Crippen molar-refractivity contribution >= 4 is 23.3 Å². The number of carboxylic acids is 1. The molecule has 1 unspecified atom stereocenters. The first-order valence-electron chi connectivity index (χ1n) is 8.15. The topological polar surface area (TPSA) is 43.8 Å². The van der Waals surface area contributed by atoms with E-state index in [-0.39, 0.29) is 0 Å². The van der Waals surface area contributed by atoms with Gasteiger partial charge in [-0.05, 0) is 36.2 Å². The van der Waals surface area contributed by atoms with Crippen molar-refractivity contribution in [2.75, 3.05) is 31.1 Å². The minimum Gasteiger partial charge on any atom is -0.480 e. The van der Waals surface area contributed by atoms with Crippen LogP contribution in [0.2, 0.25) is 5.02 Å². The van der Waals surface area contributed by atoms with Crippen LogP contribution in [0.4, 0.5) is 5.69 Å². The van der Waals surface area contributed by atoms with Gasteiger partial charge in [0.2, 0.25) is 0 Å². The zero-order chi connectivity index (χ0) is 16.9. The molecule has 1 fully saturated rings. The second kappa shape index (κ2) is 7.69. The van der Waals surface area contributed by atoms with Gasteiger partial charge in [0.05, 0.1) is 0 Å². The van der Waals surface area contributed by atoms with Gasteiger partial charge in [-0.3, -0.25) is 9.69 Å². The lowest BCUT2D eigenvalue weighted by Gasteiger charge is -2.38. The zero-order valence-corrected chi connectivity index (χ0v) is 14.2. The number of rotatable bonds is 5. The third kappa shape index (κ3) is 4.08. The molecule has 2 aromatic carbocycles. The zero-order valence-electron chi connectivity index (χ0n) is 13.4. The molecule has 24 heavy (non-hydrogen) atoms. The van der Waals surface area contributed by atoms with Gasteiger partial charge in [-0.2, -0.15) is 0 Å². The molecule has 5 heteroatoms. The first-order chi connectivity index (χ1) is 11.6. The number of hydrogen-bond donors (Lipinski definition) is 1. The average Bonchev–Trinajstić information content (AvgIpc) is 2.60. The van der Waals surface area contributed by atoms with Crippen molar-refractivity contribution in [2.24, 2.45) is 0 Å². The number of benzene rings is 2. The lowest BCUT2D eigenvalue weighted by atomic mass is 10.0. The molecule has 0 aromatic heterocycles. The van der Waals surface area contributed by atoms with Crippen molar-refractivity contribution in [3.63, 3.8) is 0 Å². The summed E-state index contributed by atoms with van der Waals surface area (Å²) in [5, 5.41) is 10.3. The number of nitrogens with zero attached hydrogens (tertiary/aromatic N) is 2. The number of hydrogen-bond acceptors (Lipinski definition) is 3. The number of halogens is 1. The van der Waals surface area contributed by atoms with Crippen LogP contribution < -0.4 is 4.90 Å². The van der Waals surface area contributed by atoms with Gasteiger partial charge in [-0.25, -0.2) is 0 Å². The van der Waals surface area contributed by atoms with Crippen LogP contribution in [-0.4, -0.2) is 48.2 Å². The summed E-state index contributed by atoms with van der Waals surface area (Å²) in [6.07, 6.45) is 0.473. The molecule has 3 rings (SSSR count). The highest BCUT2D eigenvalue weighted by molar-refractivity contribution is 6.30. The Morgan fingerprint density at radius 1 is 1.04 bits per heavy atom. The molecule has 2 aromatic rings. The van der Waals surface area contributed by atoms with Crippen molar-refractivity contribution < 1.29 is 9.90 Å². The van der Waals surface area contributed by atoms with Gasteiger partial charge in [0.1, 0.15) is 6.04 Å². The van der Waals surface area contributed by atoms with E-state index in [1.54, 1.807) is 6.07 Å². The van der Waals surface area contributed by atoms with E-state index in [0.29, 0.717) is 11.4 Å². The highest BCUT2D eigenvalue weighted by Gasteiger charge is 2.29. The summed E-state index contributed by atoms with van der Waals surface area (Å²) in [5.41, 5.74) is 2.15. The Morgan fingerprint density at radius 2 is 1.75 bits per heavy atom. The highest BCUT2D eigenvalue weighted by Crippen LogP contribution is 2.19. The maximum absolute atomic E-state index is 11.8. The molecule has 1 heterocycles. The molecule has 0 saturated carbocycles.